The summed E-state index contributed by atoms with van der Waals surface area (Å²) in [5.41, 5.74) is -0.519. The Hall–Kier alpha value is -1.63. The molecule has 1 atom stereocenters. The molecule has 7 heteroatoms. The lowest BCUT2D eigenvalue weighted by atomic mass is 10.2. The van der Waals surface area contributed by atoms with Crippen LogP contribution in [0.1, 0.15) is 13.3 Å². The molecular formula is C10H11BrN2O4. The molecule has 92 valence electrons. The quantitative estimate of drug-likeness (QED) is 0.386. The van der Waals surface area contributed by atoms with Gasteiger partial charge in [-0.15, -0.1) is 0 Å². The predicted octanol–water partition coefficient (Wildman–Crippen LogP) is 2.41. The highest BCUT2D eigenvalue weighted by atomic mass is 79.9. The van der Waals surface area contributed by atoms with Crippen molar-refractivity contribution in [3.8, 4) is 5.75 Å². The zero-order valence-electron chi connectivity index (χ0n) is 9.01. The predicted molar refractivity (Wildman–Crippen MR) is 66.4 cm³/mol. The molecule has 0 spiro atoms. The number of hydrogen-bond donors (Lipinski definition) is 2. The molecule has 0 saturated carbocycles. The lowest BCUT2D eigenvalue weighted by molar-refractivity contribution is -0.384. The fraction of sp³-hybridized carbons (Fsp3) is 0.300. The summed E-state index contributed by atoms with van der Waals surface area (Å²) in [6.07, 6.45) is 0.535. The number of phenolic OH excluding ortho intramolecular Hbond substituents is 1. The number of halogens is 1. The summed E-state index contributed by atoms with van der Waals surface area (Å²) < 4.78 is 0. The number of aromatic hydroxyl groups is 1. The molecule has 1 unspecified atom stereocenters. The minimum atomic E-state index is -0.662. The van der Waals surface area contributed by atoms with Gasteiger partial charge in [0.05, 0.1) is 9.75 Å². The minimum Gasteiger partial charge on any atom is -0.505 e. The molecular weight excluding hydrogens is 292 g/mol. The van der Waals surface area contributed by atoms with Gasteiger partial charge in [0.15, 0.2) is 5.69 Å². The number of carbonyl (C=O) groups excluding carboxylic acids is 1. The highest BCUT2D eigenvalue weighted by Crippen LogP contribution is 2.33. The third kappa shape index (κ3) is 3.16. The number of nitrogens with zero attached hydrogens (tertiary/aromatic N) is 1. The number of nitro groups is 1. The number of alkyl halides is 1. The SMILES string of the molecule is CCC(Br)C(=O)Nc1c(O)cccc1[N+](=O)[O-]. The molecule has 0 aromatic heterocycles. The molecule has 1 rings (SSSR count). The van der Waals surface area contributed by atoms with Crippen molar-refractivity contribution in [1.29, 1.82) is 0 Å². The first-order chi connectivity index (χ1) is 7.97. The van der Waals surface area contributed by atoms with Crippen LogP contribution in [0.15, 0.2) is 18.2 Å². The third-order valence-corrected chi connectivity index (χ3v) is 3.17. The van der Waals surface area contributed by atoms with E-state index in [1.54, 1.807) is 6.92 Å². The number of para-hydroxylation sites is 1. The third-order valence-electron chi connectivity index (χ3n) is 2.11. The Balaban J connectivity index is 3.05. The van der Waals surface area contributed by atoms with Gasteiger partial charge in [-0.2, -0.15) is 0 Å². The largest absolute Gasteiger partial charge is 0.505 e. The van der Waals surface area contributed by atoms with E-state index in [4.69, 9.17) is 0 Å². The molecule has 2 N–H and O–H groups in total. The van der Waals surface area contributed by atoms with Gasteiger partial charge in [0.25, 0.3) is 5.69 Å². The highest BCUT2D eigenvalue weighted by molar-refractivity contribution is 9.10. The molecule has 0 fully saturated rings. The van der Waals surface area contributed by atoms with Crippen molar-refractivity contribution >= 4 is 33.2 Å². The van der Waals surface area contributed by atoms with Crippen LogP contribution in [0.3, 0.4) is 0 Å². The maximum Gasteiger partial charge on any atom is 0.296 e. The first-order valence-electron chi connectivity index (χ1n) is 4.88. The molecule has 0 saturated heterocycles. The van der Waals surface area contributed by atoms with Crippen molar-refractivity contribution in [3.05, 3.63) is 28.3 Å². The molecule has 0 heterocycles. The molecule has 0 aliphatic carbocycles. The lowest BCUT2D eigenvalue weighted by Gasteiger charge is -2.10. The van der Waals surface area contributed by atoms with Crippen molar-refractivity contribution < 1.29 is 14.8 Å². The average molecular weight is 303 g/mol. The topological polar surface area (TPSA) is 92.5 Å². The van der Waals surface area contributed by atoms with Crippen molar-refractivity contribution in [2.75, 3.05) is 5.32 Å². The van der Waals surface area contributed by atoms with Crippen LogP contribution in [0.4, 0.5) is 11.4 Å². The number of benzene rings is 1. The normalized spacial score (nSPS) is 11.9. The molecule has 1 amide bonds. The van der Waals surface area contributed by atoms with E-state index in [0.717, 1.165) is 0 Å². The lowest BCUT2D eigenvalue weighted by Crippen LogP contribution is -2.22. The van der Waals surface area contributed by atoms with Gasteiger partial charge in [0.2, 0.25) is 5.91 Å². The van der Waals surface area contributed by atoms with Crippen LogP contribution in [0.25, 0.3) is 0 Å². The zero-order valence-corrected chi connectivity index (χ0v) is 10.6. The average Bonchev–Trinajstić information content (AvgIpc) is 2.30. The van der Waals surface area contributed by atoms with Gasteiger partial charge < -0.3 is 10.4 Å². The fourth-order valence-corrected chi connectivity index (χ4v) is 1.31. The standard InChI is InChI=1S/C10H11BrN2O4/c1-2-6(11)10(15)12-9-7(13(16)17)4-3-5-8(9)14/h3-6,14H,2H2,1H3,(H,12,15). The van der Waals surface area contributed by atoms with E-state index >= 15 is 0 Å². The zero-order chi connectivity index (χ0) is 13.0. The Labute approximate surface area is 106 Å². The van der Waals surface area contributed by atoms with E-state index in [2.05, 4.69) is 21.2 Å². The number of rotatable bonds is 4. The number of phenols is 1. The number of carbonyl (C=O) groups is 1. The van der Waals surface area contributed by atoms with Crippen molar-refractivity contribution in [2.24, 2.45) is 0 Å². The van der Waals surface area contributed by atoms with Crippen LogP contribution in [0.5, 0.6) is 5.75 Å². The van der Waals surface area contributed by atoms with Crippen LogP contribution in [0, 0.1) is 10.1 Å². The van der Waals surface area contributed by atoms with E-state index < -0.39 is 15.7 Å². The second-order valence-electron chi connectivity index (χ2n) is 3.29. The Kier molecular flexibility index (Phi) is 4.45. The summed E-state index contributed by atoms with van der Waals surface area (Å²) in [5.74, 6) is -0.763. The van der Waals surface area contributed by atoms with E-state index in [0.29, 0.717) is 6.42 Å². The summed E-state index contributed by atoms with van der Waals surface area (Å²) in [6.45, 7) is 1.79. The van der Waals surface area contributed by atoms with Crippen molar-refractivity contribution in [2.45, 2.75) is 18.2 Å². The van der Waals surface area contributed by atoms with Crippen molar-refractivity contribution in [3.63, 3.8) is 0 Å². The first-order valence-corrected chi connectivity index (χ1v) is 5.80. The number of anilines is 1. The van der Waals surface area contributed by atoms with Gasteiger partial charge in [-0.05, 0) is 12.5 Å². The summed E-state index contributed by atoms with van der Waals surface area (Å²) in [7, 11) is 0. The molecule has 0 aliphatic rings. The maximum atomic E-state index is 11.6. The van der Waals surface area contributed by atoms with Gasteiger partial charge in [-0.1, -0.05) is 28.9 Å². The molecule has 0 radical (unpaired) electrons. The Bertz CT molecular complexity index is 450. The number of nitro benzene ring substituents is 1. The van der Waals surface area contributed by atoms with Crippen LogP contribution >= 0.6 is 15.9 Å². The summed E-state index contributed by atoms with van der Waals surface area (Å²) >= 11 is 3.12. The Morgan fingerprint density at radius 3 is 2.82 bits per heavy atom. The first kappa shape index (κ1) is 13.4. The summed E-state index contributed by atoms with van der Waals surface area (Å²) in [5, 5.41) is 22.6. The van der Waals surface area contributed by atoms with E-state index in [1.165, 1.54) is 18.2 Å². The maximum absolute atomic E-state index is 11.6. The van der Waals surface area contributed by atoms with Crippen LogP contribution in [0.2, 0.25) is 0 Å². The van der Waals surface area contributed by atoms with Gasteiger partial charge >= 0.3 is 0 Å². The van der Waals surface area contributed by atoms with E-state index in [-0.39, 0.29) is 17.1 Å². The summed E-state index contributed by atoms with van der Waals surface area (Å²) in [6, 6.07) is 3.83. The van der Waals surface area contributed by atoms with E-state index in [1.807, 2.05) is 0 Å². The van der Waals surface area contributed by atoms with Crippen molar-refractivity contribution in [1.82, 2.24) is 0 Å². The molecule has 6 nitrogen and oxygen atoms in total. The van der Waals surface area contributed by atoms with Gasteiger partial charge in [0.1, 0.15) is 5.75 Å². The highest BCUT2D eigenvalue weighted by Gasteiger charge is 2.21. The number of amides is 1. The molecule has 1 aromatic carbocycles. The van der Waals surface area contributed by atoms with Crippen LogP contribution in [-0.2, 0) is 4.79 Å². The Morgan fingerprint density at radius 2 is 2.29 bits per heavy atom. The van der Waals surface area contributed by atoms with Gasteiger partial charge in [0, 0.05) is 6.07 Å². The molecule has 1 aromatic rings. The second-order valence-corrected chi connectivity index (χ2v) is 4.40. The molecule has 0 aliphatic heterocycles. The smallest absolute Gasteiger partial charge is 0.296 e. The molecule has 0 bridgehead atoms. The number of hydrogen-bond acceptors (Lipinski definition) is 4. The van der Waals surface area contributed by atoms with Gasteiger partial charge in [-0.25, -0.2) is 0 Å². The van der Waals surface area contributed by atoms with Gasteiger partial charge in [-0.3, -0.25) is 14.9 Å². The van der Waals surface area contributed by atoms with Crippen LogP contribution in [-0.4, -0.2) is 20.8 Å². The molecule has 17 heavy (non-hydrogen) atoms. The number of nitrogens with one attached hydrogen (secondary N) is 1. The fourth-order valence-electron chi connectivity index (χ4n) is 1.20. The van der Waals surface area contributed by atoms with Crippen LogP contribution < -0.4 is 5.32 Å². The second kappa shape index (κ2) is 5.62. The monoisotopic (exact) mass is 302 g/mol. The Morgan fingerprint density at radius 1 is 1.65 bits per heavy atom. The summed E-state index contributed by atoms with van der Waals surface area (Å²) in [4.78, 5) is 21.2. The van der Waals surface area contributed by atoms with E-state index in [9.17, 15) is 20.0 Å². The minimum absolute atomic E-state index is 0.180.